The summed E-state index contributed by atoms with van der Waals surface area (Å²) in [6, 6.07) is 12.5. The smallest absolute Gasteiger partial charge is 0.122 e. The lowest BCUT2D eigenvalue weighted by Gasteiger charge is -2.20. The van der Waals surface area contributed by atoms with Gasteiger partial charge in [-0.2, -0.15) is 0 Å². The van der Waals surface area contributed by atoms with Gasteiger partial charge in [0.05, 0.1) is 12.0 Å². The van der Waals surface area contributed by atoms with Gasteiger partial charge < -0.3 is 4.74 Å². The van der Waals surface area contributed by atoms with Gasteiger partial charge in [0, 0.05) is 4.47 Å². The summed E-state index contributed by atoms with van der Waals surface area (Å²) in [5, 5.41) is -0.115. The van der Waals surface area contributed by atoms with E-state index in [-0.39, 0.29) is 5.38 Å². The Labute approximate surface area is 133 Å². The zero-order valence-electron chi connectivity index (χ0n) is 11.3. The van der Waals surface area contributed by atoms with E-state index in [2.05, 4.69) is 47.1 Å². The van der Waals surface area contributed by atoms with Gasteiger partial charge >= 0.3 is 0 Å². The van der Waals surface area contributed by atoms with E-state index in [0.717, 1.165) is 40.8 Å². The highest BCUT2D eigenvalue weighted by atomic mass is 79.9. The normalized spacial score (nSPS) is 15.3. The number of ether oxygens (including phenoxy) is 1. The molecule has 0 fully saturated rings. The molecule has 3 rings (SSSR count). The molecule has 1 heterocycles. The molecule has 0 amide bonds. The molecule has 0 spiro atoms. The summed E-state index contributed by atoms with van der Waals surface area (Å²) in [5.41, 5.74) is 4.77. The van der Waals surface area contributed by atoms with Crippen molar-refractivity contribution in [2.45, 2.75) is 25.1 Å². The molecule has 2 aromatic carbocycles. The predicted molar refractivity (Wildman–Crippen MR) is 86.8 cm³/mol. The van der Waals surface area contributed by atoms with Crippen LogP contribution < -0.4 is 4.74 Å². The molecule has 1 aliphatic heterocycles. The van der Waals surface area contributed by atoms with Gasteiger partial charge in [-0.25, -0.2) is 0 Å². The minimum atomic E-state index is -0.115. The van der Waals surface area contributed by atoms with Crippen molar-refractivity contribution in [1.29, 1.82) is 0 Å². The summed E-state index contributed by atoms with van der Waals surface area (Å²) in [6.45, 7) is 2.92. The lowest BCUT2D eigenvalue weighted by Crippen LogP contribution is -2.09. The van der Waals surface area contributed by atoms with Gasteiger partial charge in [-0.1, -0.05) is 34.1 Å². The van der Waals surface area contributed by atoms with Crippen LogP contribution in [0.5, 0.6) is 5.75 Å². The summed E-state index contributed by atoms with van der Waals surface area (Å²) in [6.07, 6.45) is 2.16. The highest BCUT2D eigenvalue weighted by Gasteiger charge is 2.17. The number of aryl methyl sites for hydroxylation is 2. The van der Waals surface area contributed by atoms with E-state index in [1.807, 2.05) is 12.1 Å². The summed E-state index contributed by atoms with van der Waals surface area (Å²) in [5.74, 6) is 1.01. The third-order valence-corrected chi connectivity index (χ3v) is 4.71. The Bertz CT molecular complexity index is 639. The molecule has 1 unspecified atom stereocenters. The first-order valence-corrected chi connectivity index (χ1v) is 8.04. The minimum absolute atomic E-state index is 0.115. The van der Waals surface area contributed by atoms with E-state index in [4.69, 9.17) is 16.3 Å². The van der Waals surface area contributed by atoms with Crippen LogP contribution in [0.1, 0.15) is 34.1 Å². The number of hydrogen-bond acceptors (Lipinski definition) is 1. The highest BCUT2D eigenvalue weighted by molar-refractivity contribution is 9.10. The fraction of sp³-hybridized carbons (Fsp3) is 0.294. The Kier molecular flexibility index (Phi) is 4.04. The van der Waals surface area contributed by atoms with Crippen LogP contribution in [0, 0.1) is 6.92 Å². The van der Waals surface area contributed by atoms with Crippen LogP contribution in [0.15, 0.2) is 40.9 Å². The van der Waals surface area contributed by atoms with E-state index in [9.17, 15) is 0 Å². The van der Waals surface area contributed by atoms with Gasteiger partial charge in [-0.15, -0.1) is 11.6 Å². The van der Waals surface area contributed by atoms with Crippen LogP contribution in [0.3, 0.4) is 0 Å². The first-order chi connectivity index (χ1) is 9.65. The van der Waals surface area contributed by atoms with Crippen molar-refractivity contribution < 1.29 is 4.74 Å². The topological polar surface area (TPSA) is 9.23 Å². The van der Waals surface area contributed by atoms with Crippen LogP contribution in [0.25, 0.3) is 0 Å². The van der Waals surface area contributed by atoms with Crippen LogP contribution in [-0.4, -0.2) is 6.61 Å². The Balaban J connectivity index is 1.95. The maximum absolute atomic E-state index is 6.68. The number of alkyl halides is 1. The van der Waals surface area contributed by atoms with Crippen LogP contribution >= 0.6 is 27.5 Å². The average Bonchev–Trinajstić information content (AvgIpc) is 2.46. The van der Waals surface area contributed by atoms with Gasteiger partial charge in [-0.05, 0) is 60.2 Å². The number of rotatable bonds is 2. The summed E-state index contributed by atoms with van der Waals surface area (Å²) in [7, 11) is 0. The number of hydrogen-bond donors (Lipinski definition) is 0. The van der Waals surface area contributed by atoms with Crippen molar-refractivity contribution in [3.63, 3.8) is 0 Å². The lowest BCUT2D eigenvalue weighted by molar-refractivity contribution is 0.288. The fourth-order valence-electron chi connectivity index (χ4n) is 2.64. The van der Waals surface area contributed by atoms with Crippen molar-refractivity contribution in [2.75, 3.05) is 6.61 Å². The molecule has 1 aliphatic rings. The number of benzene rings is 2. The van der Waals surface area contributed by atoms with Crippen LogP contribution in [0.4, 0.5) is 0 Å². The summed E-state index contributed by atoms with van der Waals surface area (Å²) in [4.78, 5) is 0. The van der Waals surface area contributed by atoms with Crippen molar-refractivity contribution >= 4 is 27.5 Å². The summed E-state index contributed by atoms with van der Waals surface area (Å²) < 4.78 is 6.74. The highest BCUT2D eigenvalue weighted by Crippen LogP contribution is 2.35. The maximum atomic E-state index is 6.68. The van der Waals surface area contributed by atoms with Crippen molar-refractivity contribution in [2.24, 2.45) is 0 Å². The average molecular weight is 352 g/mol. The molecule has 0 bridgehead atoms. The zero-order chi connectivity index (χ0) is 14.1. The van der Waals surface area contributed by atoms with E-state index >= 15 is 0 Å². The number of fused-ring (bicyclic) bond motifs is 1. The Morgan fingerprint density at radius 3 is 2.85 bits per heavy atom. The maximum Gasteiger partial charge on any atom is 0.122 e. The van der Waals surface area contributed by atoms with Gasteiger partial charge in [0.1, 0.15) is 5.75 Å². The molecule has 0 aliphatic carbocycles. The Hall–Kier alpha value is -0.990. The van der Waals surface area contributed by atoms with E-state index in [1.54, 1.807) is 0 Å². The Morgan fingerprint density at radius 1 is 1.20 bits per heavy atom. The van der Waals surface area contributed by atoms with Crippen molar-refractivity contribution in [3.8, 4) is 5.75 Å². The van der Waals surface area contributed by atoms with E-state index in [0.29, 0.717) is 0 Å². The quantitative estimate of drug-likeness (QED) is 0.657. The molecule has 1 atom stereocenters. The summed E-state index contributed by atoms with van der Waals surface area (Å²) >= 11 is 10.2. The number of halogens is 2. The zero-order valence-corrected chi connectivity index (χ0v) is 13.7. The molecule has 0 saturated heterocycles. The molecule has 104 valence electrons. The molecule has 1 nitrogen and oxygen atoms in total. The third kappa shape index (κ3) is 2.72. The molecule has 0 radical (unpaired) electrons. The second-order valence-corrected chi connectivity index (χ2v) is 6.53. The van der Waals surface area contributed by atoms with Gasteiger partial charge in [0.25, 0.3) is 0 Å². The molecular weight excluding hydrogens is 336 g/mol. The second kappa shape index (κ2) is 5.79. The van der Waals surface area contributed by atoms with Crippen molar-refractivity contribution in [1.82, 2.24) is 0 Å². The lowest BCUT2D eigenvalue weighted by atomic mass is 9.96. The minimum Gasteiger partial charge on any atom is -0.493 e. The fourth-order valence-corrected chi connectivity index (χ4v) is 3.50. The first-order valence-electron chi connectivity index (χ1n) is 6.81. The predicted octanol–water partition coefficient (Wildman–Crippen LogP) is 5.41. The SMILES string of the molecule is Cc1cc(Br)ccc1C(Cl)c1ccc2c(c1)CCCO2. The van der Waals surface area contributed by atoms with E-state index in [1.165, 1.54) is 11.1 Å². The molecule has 2 aromatic rings. The molecule has 20 heavy (non-hydrogen) atoms. The van der Waals surface area contributed by atoms with Crippen LogP contribution in [0.2, 0.25) is 0 Å². The Morgan fingerprint density at radius 2 is 2.05 bits per heavy atom. The van der Waals surface area contributed by atoms with Gasteiger partial charge in [-0.3, -0.25) is 0 Å². The largest absolute Gasteiger partial charge is 0.493 e. The second-order valence-electron chi connectivity index (χ2n) is 5.18. The molecule has 0 aromatic heterocycles. The van der Waals surface area contributed by atoms with Crippen molar-refractivity contribution in [3.05, 3.63) is 63.1 Å². The first kappa shape index (κ1) is 14.0. The third-order valence-electron chi connectivity index (χ3n) is 3.73. The van der Waals surface area contributed by atoms with E-state index < -0.39 is 0 Å². The standard InChI is InChI=1S/C17H16BrClO/c1-11-9-14(18)5-6-15(11)17(19)13-4-7-16-12(10-13)3-2-8-20-16/h4-7,9-10,17H,2-3,8H2,1H3. The molecule has 0 N–H and O–H groups in total. The van der Waals surface area contributed by atoms with Crippen LogP contribution in [-0.2, 0) is 6.42 Å². The van der Waals surface area contributed by atoms with Gasteiger partial charge in [0.15, 0.2) is 0 Å². The monoisotopic (exact) mass is 350 g/mol. The van der Waals surface area contributed by atoms with Gasteiger partial charge in [0.2, 0.25) is 0 Å². The molecule has 0 saturated carbocycles. The molecule has 3 heteroatoms. The molecular formula is C17H16BrClO.